The molecule has 0 unspecified atom stereocenters. The number of carbonyl (C=O) groups is 1. The average molecular weight is 609 g/mol. The predicted octanol–water partition coefficient (Wildman–Crippen LogP) is 5.94. The third-order valence-corrected chi connectivity index (χ3v) is 7.86. The monoisotopic (exact) mass is 609 g/mol. The maximum absolute atomic E-state index is 14.6. The molecule has 1 aliphatic rings. The third-order valence-electron chi connectivity index (χ3n) is 5.34. The highest BCUT2D eigenvalue weighted by Crippen LogP contribution is 2.32. The van der Waals surface area contributed by atoms with E-state index < -0.39 is 68.0 Å². The summed E-state index contributed by atoms with van der Waals surface area (Å²) < 4.78 is 82.3. The van der Waals surface area contributed by atoms with Crippen molar-refractivity contribution < 1.29 is 31.1 Å². The number of hydrogen-bond acceptors (Lipinski definition) is 3. The lowest BCUT2D eigenvalue weighted by molar-refractivity contribution is -0.123. The van der Waals surface area contributed by atoms with Crippen LogP contribution in [0.4, 0.5) is 26.3 Å². The maximum atomic E-state index is 14.6. The predicted molar refractivity (Wildman–Crippen MR) is 131 cm³/mol. The van der Waals surface area contributed by atoms with E-state index in [4.69, 9.17) is 0 Å². The number of rotatable bonds is 8. The summed E-state index contributed by atoms with van der Waals surface area (Å²) in [5.74, 6) is -2.71. The van der Waals surface area contributed by atoms with Crippen LogP contribution in [0.2, 0.25) is 0 Å². The largest absolute Gasteiger partial charge is 0.433 e. The molecular formula is C24H22F6IN3O. The summed E-state index contributed by atoms with van der Waals surface area (Å²) in [7, 11) is 1.37. The standard InChI is InChI=1S/C24H22F6IN3O/c1-13-9-14(3-7-18(13)26)20(8-5-16-12-33-21(11-31-16)24(28,29)30)34-22(23(35)32-2)17-6-4-15(25)10-19(17)27/h3-4,6-7,9-12,20,22,34H,5,8H2,1-2H3,(H,32,35)/t20-,22+/m0/s1. The van der Waals surface area contributed by atoms with Crippen LogP contribution in [0.15, 0.2) is 51.2 Å². The molecule has 0 saturated carbocycles. The Balaban J connectivity index is 1.91. The molecule has 0 bridgehead atoms. The van der Waals surface area contributed by atoms with Crippen LogP contribution in [-0.4, -0.2) is 28.9 Å². The number of carbonyl (C=O) groups excluding carboxylic acids is 1. The molecule has 0 radical (unpaired) electrons. The number of hydrogen-bond donors (Lipinski definition) is 2. The molecule has 0 aromatic heterocycles. The molecule has 0 fully saturated rings. The normalized spacial score (nSPS) is 15.5. The zero-order chi connectivity index (χ0) is 25.8. The molecule has 1 heterocycles. The molecule has 2 atom stereocenters. The van der Waals surface area contributed by atoms with E-state index in [1.165, 1.54) is 31.5 Å². The van der Waals surface area contributed by atoms with E-state index in [0.29, 0.717) is 30.0 Å². The molecular weight excluding hydrogens is 587 g/mol. The molecule has 11 heteroatoms. The highest BCUT2D eigenvalue weighted by molar-refractivity contribution is 14.2. The van der Waals surface area contributed by atoms with Crippen molar-refractivity contribution in [3.8, 4) is 0 Å². The maximum Gasteiger partial charge on any atom is 0.433 e. The van der Waals surface area contributed by atoms with Gasteiger partial charge in [0.1, 0.15) is 29.2 Å². The summed E-state index contributed by atoms with van der Waals surface area (Å²) >= 11 is -1.05. The van der Waals surface area contributed by atoms with Crippen molar-refractivity contribution in [2.45, 2.75) is 38.0 Å². The summed E-state index contributed by atoms with van der Waals surface area (Å²) in [5, 5.41) is 5.53. The topological polar surface area (TPSA) is 53.5 Å². The van der Waals surface area contributed by atoms with Crippen LogP contribution in [0.3, 0.4) is 0 Å². The number of alkyl halides is 3. The van der Waals surface area contributed by atoms with E-state index in [0.717, 1.165) is 13.7 Å². The Morgan fingerprint density at radius 1 is 1.09 bits per heavy atom. The van der Waals surface area contributed by atoms with Crippen molar-refractivity contribution in [3.05, 3.63) is 80.3 Å². The summed E-state index contributed by atoms with van der Waals surface area (Å²) in [5.41, 5.74) is -0.0230. The number of allylic oxidation sites excluding steroid dienone is 1. The number of aryl methyl sites for hydroxylation is 1. The van der Waals surface area contributed by atoms with E-state index in [-0.39, 0.29) is 5.56 Å². The van der Waals surface area contributed by atoms with Gasteiger partial charge in [0.15, 0.2) is 0 Å². The highest BCUT2D eigenvalue weighted by Gasteiger charge is 2.34. The van der Waals surface area contributed by atoms with Crippen LogP contribution >= 0.6 is 20.7 Å². The molecule has 4 nitrogen and oxygen atoms in total. The van der Waals surface area contributed by atoms with Crippen molar-refractivity contribution in [1.82, 2.24) is 10.6 Å². The Morgan fingerprint density at radius 3 is 2.40 bits per heavy atom. The summed E-state index contributed by atoms with van der Waals surface area (Å²) in [6.45, 7) is 1.57. The van der Waals surface area contributed by atoms with Crippen molar-refractivity contribution in [3.63, 3.8) is 0 Å². The van der Waals surface area contributed by atoms with Crippen LogP contribution in [-0.2, 0) is 4.79 Å². The van der Waals surface area contributed by atoms with Crippen molar-refractivity contribution in [2.24, 2.45) is 4.99 Å². The van der Waals surface area contributed by atoms with Crippen LogP contribution < -0.4 is 10.6 Å². The number of nitrogens with zero attached hydrogens (tertiary/aromatic N) is 1. The van der Waals surface area contributed by atoms with Gasteiger partial charge in [0.25, 0.3) is 0 Å². The number of benzene rings is 2. The van der Waals surface area contributed by atoms with Crippen LogP contribution in [0.5, 0.6) is 0 Å². The molecule has 3 rings (SSSR count). The summed E-state index contributed by atoms with van der Waals surface area (Å²) in [4.78, 5) is 16.2. The molecule has 2 aromatic carbocycles. The molecule has 0 saturated heterocycles. The first-order valence-electron chi connectivity index (χ1n) is 10.5. The first-order chi connectivity index (χ1) is 16.5. The Bertz CT molecular complexity index is 1190. The minimum atomic E-state index is -4.50. The first-order valence-corrected chi connectivity index (χ1v) is 12.8. The van der Waals surface area contributed by atoms with Gasteiger partial charge in [0.05, 0.1) is 0 Å². The fraction of sp³-hybridized carbons (Fsp3) is 0.292. The summed E-state index contributed by atoms with van der Waals surface area (Å²) in [6, 6.07) is 5.47. The Morgan fingerprint density at radius 2 is 1.83 bits per heavy atom. The lowest BCUT2D eigenvalue weighted by Crippen LogP contribution is -2.38. The molecule has 188 valence electrons. The minimum Gasteiger partial charge on any atom is -0.358 e. The Kier molecular flexibility index (Phi) is 8.86. The fourth-order valence-corrected chi connectivity index (χ4v) is 5.60. The molecule has 1 amide bonds. The van der Waals surface area contributed by atoms with Gasteiger partial charge in [-0.25, -0.2) is 13.2 Å². The van der Waals surface area contributed by atoms with Crippen molar-refractivity contribution in [2.75, 3.05) is 7.05 Å². The van der Waals surface area contributed by atoms with Crippen LogP contribution in [0.25, 0.3) is 0 Å². The zero-order valence-electron chi connectivity index (χ0n) is 18.7. The van der Waals surface area contributed by atoms with Crippen molar-refractivity contribution in [1.29, 1.82) is 0 Å². The van der Waals surface area contributed by atoms with Crippen molar-refractivity contribution >= 4 is 36.4 Å². The third kappa shape index (κ3) is 7.00. The van der Waals surface area contributed by atoms with Gasteiger partial charge in [-0.05, 0) is 43.0 Å². The minimum absolute atomic E-state index is 0.0772. The second-order valence-electron chi connectivity index (χ2n) is 7.79. The van der Waals surface area contributed by atoms with E-state index in [1.807, 2.05) is 0 Å². The second-order valence-corrected chi connectivity index (χ2v) is 10.4. The molecule has 0 spiro atoms. The number of amides is 1. The highest BCUT2D eigenvalue weighted by atomic mass is 127. The van der Waals surface area contributed by atoms with Gasteiger partial charge in [0.2, 0.25) is 5.91 Å². The van der Waals surface area contributed by atoms with E-state index in [9.17, 15) is 31.1 Å². The number of aliphatic imine (C=N–C) groups is 1. The molecule has 1 aliphatic heterocycles. The SMILES string of the molecule is CNC(=O)[C@H](N[C@@H](CCC1=IC=C(C(F)(F)F)N=C1)c1ccc(F)c(C)c1)c1ccc(F)cc1F. The van der Waals surface area contributed by atoms with E-state index in [2.05, 4.69) is 15.6 Å². The Labute approximate surface area is 208 Å². The first kappa shape index (κ1) is 27.1. The molecule has 0 aliphatic carbocycles. The smallest absolute Gasteiger partial charge is 0.358 e. The lowest BCUT2D eigenvalue weighted by atomic mass is 9.96. The number of halogens is 7. The van der Waals surface area contributed by atoms with Gasteiger partial charge in [-0.3, -0.25) is 15.1 Å². The number of likely N-dealkylation sites (N-methyl/N-ethyl adjacent to an activating group) is 1. The molecule has 2 N–H and O–H groups in total. The van der Waals surface area contributed by atoms with Gasteiger partial charge >= 0.3 is 6.18 Å². The van der Waals surface area contributed by atoms with E-state index in [1.54, 1.807) is 13.0 Å². The van der Waals surface area contributed by atoms with Crippen LogP contribution in [0.1, 0.15) is 41.6 Å². The van der Waals surface area contributed by atoms with Gasteiger partial charge < -0.3 is 5.32 Å². The van der Waals surface area contributed by atoms with E-state index >= 15 is 0 Å². The van der Waals surface area contributed by atoms with Gasteiger partial charge in [-0.1, -0.05) is 38.9 Å². The van der Waals surface area contributed by atoms with Gasteiger partial charge in [-0.15, -0.1) is 0 Å². The lowest BCUT2D eigenvalue weighted by Gasteiger charge is -2.26. The fourth-order valence-electron chi connectivity index (χ4n) is 3.47. The van der Waals surface area contributed by atoms with Gasteiger partial charge in [-0.2, -0.15) is 13.2 Å². The quantitative estimate of drug-likeness (QED) is 0.288. The zero-order valence-corrected chi connectivity index (χ0v) is 20.8. The number of nitrogens with one attached hydrogen (secondary N) is 2. The molecule has 2 aromatic rings. The Hall–Kier alpha value is -2.54. The van der Waals surface area contributed by atoms with Gasteiger partial charge in [0, 0.05) is 38.5 Å². The average Bonchev–Trinajstić information content (AvgIpc) is 2.81. The molecule has 35 heavy (non-hydrogen) atoms. The van der Waals surface area contributed by atoms with Crippen LogP contribution in [0, 0.1) is 24.4 Å². The second kappa shape index (κ2) is 11.5. The summed E-state index contributed by atoms with van der Waals surface area (Å²) in [6.07, 6.45) is -2.60.